The molecule has 3 nitrogen and oxygen atoms in total. The van der Waals surface area contributed by atoms with E-state index in [4.69, 9.17) is 0 Å². The van der Waals surface area contributed by atoms with Gasteiger partial charge in [0.2, 0.25) is 11.8 Å². The molecule has 3 fully saturated rings. The van der Waals surface area contributed by atoms with Crippen molar-refractivity contribution in [3.05, 3.63) is 42.2 Å². The fourth-order valence-corrected chi connectivity index (χ4v) is 4.83. The third-order valence-corrected chi connectivity index (χ3v) is 5.76. The van der Waals surface area contributed by atoms with E-state index in [1.807, 2.05) is 0 Å². The zero-order valence-electron chi connectivity index (χ0n) is 11.3. The lowest BCUT2D eigenvalue weighted by Gasteiger charge is -2.37. The number of carbonyl (C=O) groups is 2. The highest BCUT2D eigenvalue weighted by Gasteiger charge is 2.67. The normalized spacial score (nSPS) is 42.2. The monoisotopic (exact) mass is 283 g/mol. The van der Waals surface area contributed by atoms with Crippen molar-refractivity contribution in [1.82, 2.24) is 0 Å². The highest BCUT2D eigenvalue weighted by molar-refractivity contribution is 6.22. The first-order valence-electron chi connectivity index (χ1n) is 7.49. The van der Waals surface area contributed by atoms with E-state index in [1.165, 1.54) is 12.1 Å². The Labute approximate surface area is 121 Å². The molecule has 0 aromatic heterocycles. The predicted octanol–water partition coefficient (Wildman–Crippen LogP) is 2.38. The number of benzene rings is 1. The molecule has 0 spiro atoms. The summed E-state index contributed by atoms with van der Waals surface area (Å²) in [5.41, 5.74) is 0.106. The van der Waals surface area contributed by atoms with Crippen LogP contribution in [-0.4, -0.2) is 11.8 Å². The molecule has 21 heavy (non-hydrogen) atoms. The van der Waals surface area contributed by atoms with Crippen LogP contribution >= 0.6 is 0 Å². The number of nitrogens with zero attached hydrogens (tertiary/aromatic N) is 1. The van der Waals surface area contributed by atoms with Crippen LogP contribution in [0.1, 0.15) is 6.42 Å². The van der Waals surface area contributed by atoms with Gasteiger partial charge < -0.3 is 0 Å². The summed E-state index contributed by atoms with van der Waals surface area (Å²) in [7, 11) is 0. The Balaban J connectivity index is 1.62. The van der Waals surface area contributed by atoms with Crippen LogP contribution in [0.5, 0.6) is 0 Å². The smallest absolute Gasteiger partial charge is 0.238 e. The average Bonchev–Trinajstić information content (AvgIpc) is 3.26. The molecule has 0 radical (unpaired) electrons. The van der Waals surface area contributed by atoms with E-state index < -0.39 is 5.82 Å². The van der Waals surface area contributed by atoms with Gasteiger partial charge in [0.05, 0.1) is 17.5 Å². The van der Waals surface area contributed by atoms with Crippen molar-refractivity contribution in [3.8, 4) is 0 Å². The maximum Gasteiger partial charge on any atom is 0.238 e. The van der Waals surface area contributed by atoms with Crippen LogP contribution in [0.3, 0.4) is 0 Å². The van der Waals surface area contributed by atoms with E-state index in [0.29, 0.717) is 11.8 Å². The molecule has 1 aromatic carbocycles. The van der Waals surface area contributed by atoms with E-state index in [9.17, 15) is 14.0 Å². The lowest BCUT2D eigenvalue weighted by atomic mass is 9.63. The number of hydrogen-bond acceptors (Lipinski definition) is 2. The standard InChI is InChI=1S/C17H14FNO2/c18-12-3-1-2-4-13(12)19-16(20)14-8-5-6-9(11-7-10(8)11)15(14)17(19)21/h1-6,8-11,14-15H,7H2/t8-,9-,10-,11+,14+,15+/m0/s1. The summed E-state index contributed by atoms with van der Waals surface area (Å²) in [6.07, 6.45) is 5.38. The third kappa shape index (κ3) is 1.29. The van der Waals surface area contributed by atoms with Gasteiger partial charge in [-0.05, 0) is 42.2 Å². The Bertz CT molecular complexity index is 676. The van der Waals surface area contributed by atoms with Gasteiger partial charge in [0.15, 0.2) is 0 Å². The van der Waals surface area contributed by atoms with Gasteiger partial charge in [-0.1, -0.05) is 24.3 Å². The topological polar surface area (TPSA) is 37.4 Å². The highest BCUT2D eigenvalue weighted by atomic mass is 19.1. The number of imide groups is 1. The Morgan fingerprint density at radius 3 is 2.10 bits per heavy atom. The van der Waals surface area contributed by atoms with Crippen molar-refractivity contribution in [3.63, 3.8) is 0 Å². The van der Waals surface area contributed by atoms with E-state index in [0.717, 1.165) is 11.3 Å². The lowest BCUT2D eigenvalue weighted by molar-refractivity contribution is -0.124. The predicted molar refractivity (Wildman–Crippen MR) is 73.6 cm³/mol. The summed E-state index contributed by atoms with van der Waals surface area (Å²) < 4.78 is 14.0. The second-order valence-electron chi connectivity index (χ2n) is 6.62. The molecule has 4 aliphatic carbocycles. The molecular weight excluding hydrogens is 269 g/mol. The zero-order valence-corrected chi connectivity index (χ0v) is 11.3. The molecule has 2 amide bonds. The molecule has 0 N–H and O–H groups in total. The van der Waals surface area contributed by atoms with Crippen molar-refractivity contribution in [2.75, 3.05) is 4.90 Å². The molecule has 6 atom stereocenters. The maximum atomic E-state index is 14.0. The number of rotatable bonds is 1. The fraction of sp³-hybridized carbons (Fsp3) is 0.412. The van der Waals surface area contributed by atoms with Crippen LogP contribution in [0.15, 0.2) is 36.4 Å². The first kappa shape index (κ1) is 11.7. The van der Waals surface area contributed by atoms with Crippen molar-refractivity contribution in [1.29, 1.82) is 0 Å². The Hall–Kier alpha value is -1.97. The summed E-state index contributed by atoms with van der Waals surface area (Å²) in [5.74, 6) is 0.0308. The minimum Gasteiger partial charge on any atom is -0.274 e. The second-order valence-corrected chi connectivity index (χ2v) is 6.62. The fourth-order valence-electron chi connectivity index (χ4n) is 4.83. The molecule has 2 bridgehead atoms. The number of anilines is 1. The van der Waals surface area contributed by atoms with Gasteiger partial charge in [-0.25, -0.2) is 9.29 Å². The second kappa shape index (κ2) is 3.62. The molecule has 2 saturated carbocycles. The van der Waals surface area contributed by atoms with Gasteiger partial charge in [-0.2, -0.15) is 0 Å². The Morgan fingerprint density at radius 1 is 0.952 bits per heavy atom. The summed E-state index contributed by atoms with van der Waals surface area (Å²) >= 11 is 0. The largest absolute Gasteiger partial charge is 0.274 e. The molecule has 0 unspecified atom stereocenters. The molecule has 6 rings (SSSR count). The average molecular weight is 283 g/mol. The van der Waals surface area contributed by atoms with E-state index in [1.54, 1.807) is 12.1 Å². The molecule has 1 aliphatic heterocycles. The molecule has 1 heterocycles. The van der Waals surface area contributed by atoms with Gasteiger partial charge in [0.1, 0.15) is 5.82 Å². The zero-order chi connectivity index (χ0) is 14.3. The van der Waals surface area contributed by atoms with Crippen molar-refractivity contribution >= 4 is 17.5 Å². The van der Waals surface area contributed by atoms with E-state index in [2.05, 4.69) is 12.2 Å². The summed E-state index contributed by atoms with van der Waals surface area (Å²) in [4.78, 5) is 26.6. The van der Waals surface area contributed by atoms with Crippen LogP contribution in [0.2, 0.25) is 0 Å². The number of halogens is 1. The van der Waals surface area contributed by atoms with Crippen LogP contribution < -0.4 is 4.90 Å². The van der Waals surface area contributed by atoms with Gasteiger partial charge >= 0.3 is 0 Å². The van der Waals surface area contributed by atoms with Crippen LogP contribution in [0.4, 0.5) is 10.1 Å². The molecule has 1 saturated heterocycles. The number of amides is 2. The van der Waals surface area contributed by atoms with Crippen LogP contribution in [-0.2, 0) is 9.59 Å². The SMILES string of the molecule is O=C1[C@@H]2[C@H]3C=C[C@@H]([C@@H]4C[C@H]34)[C@H]2C(=O)N1c1ccccc1F. The van der Waals surface area contributed by atoms with Gasteiger partial charge in [0.25, 0.3) is 0 Å². The molecular formula is C17H14FNO2. The first-order valence-corrected chi connectivity index (χ1v) is 7.49. The van der Waals surface area contributed by atoms with Crippen molar-refractivity contribution < 1.29 is 14.0 Å². The lowest BCUT2D eigenvalue weighted by Crippen LogP contribution is -2.40. The van der Waals surface area contributed by atoms with Crippen molar-refractivity contribution in [2.24, 2.45) is 35.5 Å². The number of para-hydroxylation sites is 1. The minimum absolute atomic E-state index is 0.106. The minimum atomic E-state index is -0.511. The molecule has 4 heteroatoms. The Morgan fingerprint density at radius 2 is 1.52 bits per heavy atom. The summed E-state index contributed by atoms with van der Waals surface area (Å²) in [5, 5.41) is 0. The Kier molecular flexibility index (Phi) is 2.01. The summed E-state index contributed by atoms with van der Waals surface area (Å²) in [6, 6.07) is 6.03. The number of carbonyl (C=O) groups excluding carboxylic acids is 2. The number of allylic oxidation sites excluding steroid dienone is 2. The van der Waals surface area contributed by atoms with Crippen molar-refractivity contribution in [2.45, 2.75) is 6.42 Å². The quantitative estimate of drug-likeness (QED) is 0.586. The van der Waals surface area contributed by atoms with E-state index in [-0.39, 0.29) is 41.2 Å². The van der Waals surface area contributed by atoms with Crippen LogP contribution in [0.25, 0.3) is 0 Å². The highest BCUT2D eigenvalue weighted by Crippen LogP contribution is 2.65. The number of hydrogen-bond donors (Lipinski definition) is 0. The maximum absolute atomic E-state index is 14.0. The van der Waals surface area contributed by atoms with Crippen LogP contribution in [0, 0.1) is 41.3 Å². The van der Waals surface area contributed by atoms with Gasteiger partial charge in [-0.3, -0.25) is 9.59 Å². The molecule has 106 valence electrons. The van der Waals surface area contributed by atoms with E-state index >= 15 is 0 Å². The van der Waals surface area contributed by atoms with Gasteiger partial charge in [-0.15, -0.1) is 0 Å². The molecule has 1 aromatic rings. The first-order chi connectivity index (χ1) is 10.2. The van der Waals surface area contributed by atoms with Gasteiger partial charge in [0, 0.05) is 0 Å². The third-order valence-electron chi connectivity index (χ3n) is 5.76. The summed E-state index contributed by atoms with van der Waals surface area (Å²) in [6.45, 7) is 0. The molecule has 5 aliphatic rings.